The summed E-state index contributed by atoms with van der Waals surface area (Å²) >= 11 is 5.86. The Labute approximate surface area is 301 Å². The fourth-order valence-corrected chi connectivity index (χ4v) is 8.79. The molecule has 4 N–H and O–H groups in total. The van der Waals surface area contributed by atoms with E-state index in [0.29, 0.717) is 57.7 Å². The molecule has 3 aromatic heterocycles. The lowest BCUT2D eigenvalue weighted by molar-refractivity contribution is 0.248. The molecule has 0 spiro atoms. The third-order valence-electron chi connectivity index (χ3n) is 9.10. The molecule has 0 radical (unpaired) electrons. The monoisotopic (exact) mass is 745 g/mol. The molecule has 1 saturated heterocycles. The number of aliphatic hydroxyl groups is 2. The molecule has 0 amide bonds. The van der Waals surface area contributed by atoms with Gasteiger partial charge in [0.1, 0.15) is 26.9 Å². The SMILES string of the molecule is CC(C)[C@H](CO)Nc1nc(Cl)nc2c1S(=O)CC2.CC(C)[C@H](CO)Nc1nc(N2CCN(c3nc4ccccc4o3)CC2)nc2c1S(=O)CC2. The number of halogens is 1. The largest absolute Gasteiger partial charge is 0.423 e. The van der Waals surface area contributed by atoms with E-state index in [4.69, 9.17) is 26.0 Å². The van der Waals surface area contributed by atoms with Gasteiger partial charge in [-0.2, -0.15) is 15.0 Å². The number of piperazine rings is 1. The molecule has 0 saturated carbocycles. The van der Waals surface area contributed by atoms with E-state index in [1.807, 2.05) is 52.0 Å². The van der Waals surface area contributed by atoms with Crippen LogP contribution in [0.3, 0.4) is 0 Å². The highest BCUT2D eigenvalue weighted by molar-refractivity contribution is 7.85. The fourth-order valence-electron chi connectivity index (χ4n) is 5.98. The minimum absolute atomic E-state index is 0.0123. The number of hydrogen-bond donors (Lipinski definition) is 4. The van der Waals surface area contributed by atoms with Gasteiger partial charge >= 0.3 is 0 Å². The second-order valence-electron chi connectivity index (χ2n) is 13.2. The van der Waals surface area contributed by atoms with E-state index in [2.05, 4.69) is 35.4 Å². The summed E-state index contributed by atoms with van der Waals surface area (Å²) in [5.41, 5.74) is 3.24. The number of aryl methyl sites for hydroxylation is 2. The third kappa shape index (κ3) is 7.88. The quantitative estimate of drug-likeness (QED) is 0.174. The van der Waals surface area contributed by atoms with Crippen molar-refractivity contribution in [1.82, 2.24) is 24.9 Å². The van der Waals surface area contributed by atoms with E-state index in [1.54, 1.807) is 0 Å². The van der Waals surface area contributed by atoms with Crippen LogP contribution in [0, 0.1) is 11.8 Å². The Morgan fingerprint density at radius 2 is 1.32 bits per heavy atom. The molecule has 1 aromatic carbocycles. The highest BCUT2D eigenvalue weighted by atomic mass is 35.5. The number of nitrogens with one attached hydrogen (secondary N) is 2. The van der Waals surface area contributed by atoms with Crippen LogP contribution in [0.2, 0.25) is 5.28 Å². The molecule has 4 aromatic rings. The van der Waals surface area contributed by atoms with Crippen LogP contribution in [-0.2, 0) is 34.4 Å². The number of aromatic nitrogens is 5. The fraction of sp³-hybridized carbons (Fsp3) is 0.545. The molecule has 270 valence electrons. The summed E-state index contributed by atoms with van der Waals surface area (Å²) in [7, 11) is -2.19. The Morgan fingerprint density at radius 3 is 1.88 bits per heavy atom. The van der Waals surface area contributed by atoms with Crippen LogP contribution in [0.15, 0.2) is 38.5 Å². The summed E-state index contributed by atoms with van der Waals surface area (Å²) < 4.78 is 30.4. The first-order valence-corrected chi connectivity index (χ1v) is 19.9. The van der Waals surface area contributed by atoms with Gasteiger partial charge < -0.3 is 35.1 Å². The molecule has 0 bridgehead atoms. The lowest BCUT2D eigenvalue weighted by Crippen LogP contribution is -2.47. The Bertz CT molecular complexity index is 1840. The second-order valence-corrected chi connectivity index (χ2v) is 16.5. The number of benzene rings is 1. The molecule has 0 aliphatic carbocycles. The lowest BCUT2D eigenvalue weighted by atomic mass is 10.1. The maximum Gasteiger partial charge on any atom is 0.298 e. The molecule has 2 unspecified atom stereocenters. The summed E-state index contributed by atoms with van der Waals surface area (Å²) in [4.78, 5) is 27.9. The maximum absolute atomic E-state index is 12.6. The molecule has 14 nitrogen and oxygen atoms in total. The first-order chi connectivity index (χ1) is 24.1. The Balaban J connectivity index is 0.000000204. The van der Waals surface area contributed by atoms with Crippen LogP contribution < -0.4 is 20.4 Å². The zero-order chi connectivity index (χ0) is 35.5. The molecule has 3 aliphatic heterocycles. The van der Waals surface area contributed by atoms with Crippen molar-refractivity contribution < 1.29 is 23.0 Å². The maximum atomic E-state index is 12.6. The van der Waals surface area contributed by atoms with Gasteiger partial charge in [0.05, 0.1) is 58.3 Å². The van der Waals surface area contributed by atoms with Crippen molar-refractivity contribution in [2.75, 3.05) is 71.3 Å². The minimum atomic E-state index is -1.11. The number of nitrogens with zero attached hydrogens (tertiary/aromatic N) is 7. The van der Waals surface area contributed by atoms with E-state index >= 15 is 0 Å². The van der Waals surface area contributed by atoms with Gasteiger partial charge in [0.2, 0.25) is 11.2 Å². The van der Waals surface area contributed by atoms with E-state index < -0.39 is 21.6 Å². The average molecular weight is 746 g/mol. The van der Waals surface area contributed by atoms with Crippen molar-refractivity contribution in [3.05, 3.63) is 40.9 Å². The van der Waals surface area contributed by atoms with Crippen LogP contribution in [0.25, 0.3) is 11.1 Å². The van der Waals surface area contributed by atoms with Gasteiger partial charge in [-0.3, -0.25) is 8.42 Å². The number of oxazole rings is 1. The zero-order valence-corrected chi connectivity index (χ0v) is 31.0. The number of fused-ring (bicyclic) bond motifs is 3. The molecule has 4 atom stereocenters. The Kier molecular flexibility index (Phi) is 11.5. The van der Waals surface area contributed by atoms with Crippen LogP contribution in [-0.4, -0.2) is 107 Å². The number of aliphatic hydroxyl groups excluding tert-OH is 2. The van der Waals surface area contributed by atoms with Crippen molar-refractivity contribution >= 4 is 67.9 Å². The first kappa shape index (κ1) is 36.4. The van der Waals surface area contributed by atoms with E-state index in [9.17, 15) is 18.6 Å². The van der Waals surface area contributed by atoms with Crippen molar-refractivity contribution in [3.8, 4) is 0 Å². The summed E-state index contributed by atoms with van der Waals surface area (Å²) in [6, 6.07) is 8.12. The molecule has 3 aliphatic rings. The molecule has 7 rings (SSSR count). The van der Waals surface area contributed by atoms with Crippen molar-refractivity contribution in [1.29, 1.82) is 0 Å². The van der Waals surface area contributed by atoms with Crippen LogP contribution in [0.5, 0.6) is 0 Å². The molecular formula is C33H44ClN9O5S2. The van der Waals surface area contributed by atoms with Crippen LogP contribution in [0.4, 0.5) is 23.6 Å². The second kappa shape index (κ2) is 15.8. The van der Waals surface area contributed by atoms with E-state index in [1.165, 1.54) is 0 Å². The van der Waals surface area contributed by atoms with Gasteiger partial charge in [0.25, 0.3) is 6.01 Å². The molecule has 17 heteroatoms. The topological polar surface area (TPSA) is 183 Å². The number of para-hydroxylation sites is 2. The first-order valence-electron chi connectivity index (χ1n) is 16.9. The Hall–Kier alpha value is -3.44. The van der Waals surface area contributed by atoms with Crippen molar-refractivity contribution in [2.45, 2.75) is 62.4 Å². The predicted molar refractivity (Wildman–Crippen MR) is 196 cm³/mol. The van der Waals surface area contributed by atoms with Gasteiger partial charge in [-0.25, -0.2) is 9.97 Å². The van der Waals surface area contributed by atoms with Crippen molar-refractivity contribution in [3.63, 3.8) is 0 Å². The van der Waals surface area contributed by atoms with Crippen LogP contribution in [0.1, 0.15) is 39.1 Å². The van der Waals surface area contributed by atoms with Gasteiger partial charge in [0.15, 0.2) is 5.58 Å². The van der Waals surface area contributed by atoms with Gasteiger partial charge in [-0.05, 0) is 35.6 Å². The Morgan fingerprint density at radius 1 is 0.780 bits per heavy atom. The number of anilines is 4. The smallest absolute Gasteiger partial charge is 0.298 e. The zero-order valence-electron chi connectivity index (χ0n) is 28.6. The standard InChI is InChI=1S/C22H28N6O3S.C11H16ClN3O2S/c1-14(2)17(13-29)23-20-19-16(7-12-32(19)30)24-21(26-20)27-8-10-28(11-9-27)22-25-15-5-3-4-6-18(15)31-22;1-6(2)8(5-16)13-10-9-7(3-4-18(9)17)14-11(12)15-10/h3-6,14,17,29H,7-13H2,1-2H3,(H,23,24,26);6,8,16H,3-5H2,1-2H3,(H,13,14,15)/t17-,32?;8-,18?/m00/s1. The van der Waals surface area contributed by atoms with Crippen molar-refractivity contribution in [2.24, 2.45) is 11.8 Å². The lowest BCUT2D eigenvalue weighted by Gasteiger charge is -2.34. The summed E-state index contributed by atoms with van der Waals surface area (Å²) in [5, 5.41) is 25.7. The predicted octanol–water partition coefficient (Wildman–Crippen LogP) is 3.26. The van der Waals surface area contributed by atoms with E-state index in [-0.39, 0.29) is 42.4 Å². The molecule has 50 heavy (non-hydrogen) atoms. The van der Waals surface area contributed by atoms with Gasteiger partial charge in [-0.1, -0.05) is 39.8 Å². The molecule has 1 fully saturated rings. The molecular weight excluding hydrogens is 702 g/mol. The van der Waals surface area contributed by atoms with Gasteiger partial charge in [0, 0.05) is 50.5 Å². The average Bonchev–Trinajstić information content (AvgIpc) is 3.82. The van der Waals surface area contributed by atoms with Gasteiger partial charge in [-0.15, -0.1) is 0 Å². The molecule has 6 heterocycles. The highest BCUT2D eigenvalue weighted by Gasteiger charge is 2.31. The highest BCUT2D eigenvalue weighted by Crippen LogP contribution is 2.32. The summed E-state index contributed by atoms with van der Waals surface area (Å²) in [6.07, 6.45) is 1.34. The number of hydrogen-bond acceptors (Lipinski definition) is 14. The van der Waals surface area contributed by atoms with Crippen LogP contribution >= 0.6 is 11.6 Å². The minimum Gasteiger partial charge on any atom is -0.423 e. The third-order valence-corrected chi connectivity index (χ3v) is 12.2. The normalized spacial score (nSPS) is 19.7. The summed E-state index contributed by atoms with van der Waals surface area (Å²) in [6.45, 7) is 11.0. The summed E-state index contributed by atoms with van der Waals surface area (Å²) in [5.74, 6) is 3.30. The number of rotatable bonds is 10. The van der Waals surface area contributed by atoms with E-state index in [0.717, 1.165) is 48.7 Å².